The number of benzene rings is 1. The summed E-state index contributed by atoms with van der Waals surface area (Å²) < 4.78 is 10.7. The Hall–Kier alpha value is -3.09. The summed E-state index contributed by atoms with van der Waals surface area (Å²) in [5, 5.41) is 2.97. The van der Waals surface area contributed by atoms with E-state index in [1.165, 1.54) is 0 Å². The van der Waals surface area contributed by atoms with Crippen molar-refractivity contribution in [3.8, 4) is 11.5 Å². The van der Waals surface area contributed by atoms with Crippen molar-refractivity contribution >= 4 is 11.8 Å². The molecule has 0 aliphatic carbocycles. The quantitative estimate of drug-likeness (QED) is 0.841. The lowest BCUT2D eigenvalue weighted by atomic mass is 10.0. The highest BCUT2D eigenvalue weighted by Gasteiger charge is 2.25. The lowest BCUT2D eigenvalue weighted by Crippen LogP contribution is -2.47. The van der Waals surface area contributed by atoms with Crippen molar-refractivity contribution < 1.29 is 19.1 Å². The molecule has 1 aromatic heterocycles. The standard InChI is InChI=1S/C20H23N3O4/c1-26-17-7-2-3-8-18(17)27-14-19(24)22-15-9-12-23(13-10-15)20(25)16-6-4-5-11-21-16/h2-8,11,15H,9-10,12-14H2,1H3,(H,22,24). The number of rotatable bonds is 6. The fraction of sp³-hybridized carbons (Fsp3) is 0.350. The number of hydrogen-bond donors (Lipinski definition) is 1. The van der Waals surface area contributed by atoms with E-state index in [-0.39, 0.29) is 24.5 Å². The molecule has 0 bridgehead atoms. The van der Waals surface area contributed by atoms with Crippen LogP contribution in [0.1, 0.15) is 23.3 Å². The van der Waals surface area contributed by atoms with Crippen LogP contribution in [-0.2, 0) is 4.79 Å². The van der Waals surface area contributed by atoms with E-state index < -0.39 is 0 Å². The number of piperidine rings is 1. The first kappa shape index (κ1) is 18.7. The van der Waals surface area contributed by atoms with Gasteiger partial charge in [0.2, 0.25) is 0 Å². The van der Waals surface area contributed by atoms with Crippen LogP contribution in [0.5, 0.6) is 11.5 Å². The van der Waals surface area contributed by atoms with E-state index >= 15 is 0 Å². The number of aromatic nitrogens is 1. The maximum absolute atomic E-state index is 12.4. The second-order valence-electron chi connectivity index (χ2n) is 6.29. The topological polar surface area (TPSA) is 80.8 Å². The molecule has 1 fully saturated rings. The minimum absolute atomic E-state index is 0.0338. The zero-order valence-electron chi connectivity index (χ0n) is 15.3. The number of ether oxygens (including phenoxy) is 2. The van der Waals surface area contributed by atoms with Gasteiger partial charge in [-0.05, 0) is 37.1 Å². The number of nitrogens with zero attached hydrogens (tertiary/aromatic N) is 2. The van der Waals surface area contributed by atoms with Gasteiger partial charge < -0.3 is 19.7 Å². The van der Waals surface area contributed by atoms with Crippen molar-refractivity contribution in [2.24, 2.45) is 0 Å². The zero-order chi connectivity index (χ0) is 19.1. The molecule has 3 rings (SSSR count). The molecule has 27 heavy (non-hydrogen) atoms. The maximum Gasteiger partial charge on any atom is 0.272 e. The van der Waals surface area contributed by atoms with E-state index in [1.54, 1.807) is 48.5 Å². The van der Waals surface area contributed by atoms with Crippen LogP contribution < -0.4 is 14.8 Å². The van der Waals surface area contributed by atoms with E-state index in [9.17, 15) is 9.59 Å². The summed E-state index contributed by atoms with van der Waals surface area (Å²) >= 11 is 0. The van der Waals surface area contributed by atoms with Gasteiger partial charge in [-0.2, -0.15) is 0 Å². The normalized spacial score (nSPS) is 14.5. The first-order chi connectivity index (χ1) is 13.2. The smallest absolute Gasteiger partial charge is 0.272 e. The first-order valence-electron chi connectivity index (χ1n) is 8.93. The molecule has 7 nitrogen and oxygen atoms in total. The Kier molecular flexibility index (Phi) is 6.25. The minimum Gasteiger partial charge on any atom is -0.493 e. The molecule has 1 N–H and O–H groups in total. The number of hydrogen-bond acceptors (Lipinski definition) is 5. The third-order valence-corrected chi connectivity index (χ3v) is 4.46. The molecule has 0 saturated carbocycles. The lowest BCUT2D eigenvalue weighted by Gasteiger charge is -2.32. The average molecular weight is 369 g/mol. The Morgan fingerprint density at radius 3 is 2.48 bits per heavy atom. The fourth-order valence-corrected chi connectivity index (χ4v) is 3.03. The van der Waals surface area contributed by atoms with Crippen LogP contribution >= 0.6 is 0 Å². The summed E-state index contributed by atoms with van der Waals surface area (Å²) in [6, 6.07) is 12.5. The van der Waals surface area contributed by atoms with Gasteiger partial charge in [-0.15, -0.1) is 0 Å². The second kappa shape index (κ2) is 9.02. The van der Waals surface area contributed by atoms with Crippen LogP contribution in [0.3, 0.4) is 0 Å². The molecule has 7 heteroatoms. The number of carbonyl (C=O) groups excluding carboxylic acids is 2. The van der Waals surface area contributed by atoms with E-state index in [0.717, 1.165) is 0 Å². The third-order valence-electron chi connectivity index (χ3n) is 4.46. The van der Waals surface area contributed by atoms with Crippen molar-refractivity contribution in [1.29, 1.82) is 0 Å². The molecule has 142 valence electrons. The molecule has 2 heterocycles. The van der Waals surface area contributed by atoms with Gasteiger partial charge >= 0.3 is 0 Å². The number of methoxy groups -OCH3 is 1. The molecular weight excluding hydrogens is 346 g/mol. The van der Waals surface area contributed by atoms with Crippen LogP contribution in [0.4, 0.5) is 0 Å². The Labute approximate surface area is 158 Å². The average Bonchev–Trinajstić information content (AvgIpc) is 2.73. The van der Waals surface area contributed by atoms with Gasteiger partial charge in [0.15, 0.2) is 18.1 Å². The van der Waals surface area contributed by atoms with Gasteiger partial charge in [0, 0.05) is 25.3 Å². The number of carbonyl (C=O) groups is 2. The molecule has 1 saturated heterocycles. The maximum atomic E-state index is 12.4. The Balaban J connectivity index is 1.43. The predicted molar refractivity (Wildman–Crippen MR) is 99.8 cm³/mol. The summed E-state index contributed by atoms with van der Waals surface area (Å²) in [6.07, 6.45) is 3.03. The van der Waals surface area contributed by atoms with E-state index in [1.807, 2.05) is 12.1 Å². The number of amides is 2. The second-order valence-corrected chi connectivity index (χ2v) is 6.29. The Bertz CT molecular complexity index is 774. The van der Waals surface area contributed by atoms with Gasteiger partial charge in [-0.25, -0.2) is 0 Å². The molecule has 2 amide bonds. The highest BCUT2D eigenvalue weighted by Crippen LogP contribution is 2.25. The van der Waals surface area contributed by atoms with Crippen molar-refractivity contribution in [3.63, 3.8) is 0 Å². The van der Waals surface area contributed by atoms with E-state index in [4.69, 9.17) is 9.47 Å². The highest BCUT2D eigenvalue weighted by molar-refractivity contribution is 5.92. The number of nitrogens with one attached hydrogen (secondary N) is 1. The van der Waals surface area contributed by atoms with Gasteiger partial charge in [-0.3, -0.25) is 14.6 Å². The summed E-state index contributed by atoms with van der Waals surface area (Å²) in [5.41, 5.74) is 0.449. The van der Waals surface area contributed by atoms with Crippen LogP contribution in [0.15, 0.2) is 48.7 Å². The fourth-order valence-electron chi connectivity index (χ4n) is 3.03. The van der Waals surface area contributed by atoms with Crippen LogP contribution in [0, 0.1) is 0 Å². The monoisotopic (exact) mass is 369 g/mol. The number of likely N-dealkylation sites (tertiary alicyclic amines) is 1. The Morgan fingerprint density at radius 1 is 1.11 bits per heavy atom. The van der Waals surface area contributed by atoms with Gasteiger partial charge in [0.1, 0.15) is 5.69 Å². The van der Waals surface area contributed by atoms with Crippen molar-refractivity contribution in [1.82, 2.24) is 15.2 Å². The van der Waals surface area contributed by atoms with Gasteiger partial charge in [0.05, 0.1) is 7.11 Å². The highest BCUT2D eigenvalue weighted by atomic mass is 16.5. The van der Waals surface area contributed by atoms with Crippen molar-refractivity contribution in [3.05, 3.63) is 54.4 Å². The van der Waals surface area contributed by atoms with E-state index in [0.29, 0.717) is 43.1 Å². The van der Waals surface area contributed by atoms with Gasteiger partial charge in [0.25, 0.3) is 11.8 Å². The molecule has 0 unspecified atom stereocenters. The number of para-hydroxylation sites is 2. The summed E-state index contributed by atoms with van der Waals surface area (Å²) in [6.45, 7) is 1.11. The van der Waals surface area contributed by atoms with E-state index in [2.05, 4.69) is 10.3 Å². The summed E-state index contributed by atoms with van der Waals surface area (Å²) in [4.78, 5) is 30.4. The molecular formula is C20H23N3O4. The van der Waals surface area contributed by atoms with Crippen molar-refractivity contribution in [2.45, 2.75) is 18.9 Å². The predicted octanol–water partition coefficient (Wildman–Crippen LogP) is 1.89. The molecule has 0 atom stereocenters. The number of pyridine rings is 1. The zero-order valence-corrected chi connectivity index (χ0v) is 15.3. The third kappa shape index (κ3) is 4.97. The van der Waals surface area contributed by atoms with Crippen LogP contribution in [0.25, 0.3) is 0 Å². The molecule has 1 aromatic carbocycles. The summed E-state index contributed by atoms with van der Waals surface area (Å²) in [7, 11) is 1.56. The van der Waals surface area contributed by atoms with Crippen LogP contribution in [-0.4, -0.2) is 54.5 Å². The molecule has 0 spiro atoms. The summed E-state index contributed by atoms with van der Waals surface area (Å²) in [5.74, 6) is 0.868. The first-order valence-corrected chi connectivity index (χ1v) is 8.93. The van der Waals surface area contributed by atoms with Gasteiger partial charge in [-0.1, -0.05) is 18.2 Å². The lowest BCUT2D eigenvalue weighted by molar-refractivity contribution is -0.124. The molecule has 0 radical (unpaired) electrons. The minimum atomic E-state index is -0.185. The SMILES string of the molecule is COc1ccccc1OCC(=O)NC1CCN(C(=O)c2ccccn2)CC1. The Morgan fingerprint density at radius 2 is 1.81 bits per heavy atom. The molecule has 2 aromatic rings. The largest absolute Gasteiger partial charge is 0.493 e. The van der Waals surface area contributed by atoms with Crippen molar-refractivity contribution in [2.75, 3.05) is 26.8 Å². The molecule has 1 aliphatic heterocycles. The van der Waals surface area contributed by atoms with Crippen LogP contribution in [0.2, 0.25) is 0 Å². The molecule has 1 aliphatic rings.